The van der Waals surface area contributed by atoms with E-state index in [0.29, 0.717) is 25.2 Å². The number of amides is 2. The summed E-state index contributed by atoms with van der Waals surface area (Å²) in [5.74, 6) is 0. The minimum atomic E-state index is -2.70. The Morgan fingerprint density at radius 3 is 2.72 bits per heavy atom. The van der Waals surface area contributed by atoms with E-state index in [-0.39, 0.29) is 22.2 Å². The highest BCUT2D eigenvalue weighted by Gasteiger charge is 2.43. The Labute approximate surface area is 215 Å². The number of urea groups is 1. The number of nitrogens with one attached hydrogen (secondary N) is 1. The van der Waals surface area contributed by atoms with Gasteiger partial charge in [-0.15, -0.1) is 10.2 Å². The molecular weight excluding hydrogens is 508 g/mol. The molecule has 0 radical (unpaired) electrons. The third-order valence-electron chi connectivity index (χ3n) is 6.36. The summed E-state index contributed by atoms with van der Waals surface area (Å²) in [6.07, 6.45) is 0.594. The number of anilines is 1. The van der Waals surface area contributed by atoms with E-state index in [2.05, 4.69) is 31.0 Å². The third kappa shape index (κ3) is 4.58. The zero-order chi connectivity index (χ0) is 25.6. The largest absolute Gasteiger partial charge is 0.367 e. The maximum absolute atomic E-state index is 13.1. The molecule has 2 fully saturated rings. The molecule has 1 atom stereocenters. The van der Waals surface area contributed by atoms with E-state index >= 15 is 0 Å². The van der Waals surface area contributed by atoms with Crippen LogP contribution in [0, 0.1) is 11.3 Å². The molecule has 10 nitrogen and oxygen atoms in total. The van der Waals surface area contributed by atoms with Crippen molar-refractivity contribution in [3.8, 4) is 11.2 Å². The lowest BCUT2D eigenvalue weighted by molar-refractivity contribution is 0.147. The summed E-state index contributed by atoms with van der Waals surface area (Å²) < 4.78 is 31.1. The number of nitriles is 1. The lowest BCUT2D eigenvalue weighted by Crippen LogP contribution is -2.56. The van der Waals surface area contributed by atoms with Crippen LogP contribution in [-0.2, 0) is 0 Å². The molecule has 1 N–H and O–H groups in total. The van der Waals surface area contributed by atoms with Crippen molar-refractivity contribution in [2.45, 2.75) is 42.7 Å². The predicted molar refractivity (Wildman–Crippen MR) is 134 cm³/mol. The van der Waals surface area contributed by atoms with Crippen LogP contribution in [0.3, 0.4) is 0 Å². The van der Waals surface area contributed by atoms with Crippen molar-refractivity contribution in [2.75, 3.05) is 38.6 Å². The summed E-state index contributed by atoms with van der Waals surface area (Å²) in [5, 5.41) is 22.2. The smallest absolute Gasteiger partial charge is 0.319 e. The van der Waals surface area contributed by atoms with Gasteiger partial charge in [-0.2, -0.15) is 10.4 Å². The Kier molecular flexibility index (Phi) is 6.48. The number of fused-ring (bicyclic) bond motifs is 1. The Bertz CT molecular complexity index is 1330. The molecule has 2 aromatic heterocycles. The van der Waals surface area contributed by atoms with Crippen molar-refractivity contribution in [2.24, 2.45) is 0 Å². The fourth-order valence-corrected chi connectivity index (χ4v) is 5.77. The summed E-state index contributed by atoms with van der Waals surface area (Å²) in [5.41, 5.74) is 1.11. The molecule has 1 saturated heterocycles. The minimum absolute atomic E-state index is 0.0155. The summed E-state index contributed by atoms with van der Waals surface area (Å²) in [4.78, 5) is 19.1. The molecule has 3 aromatic rings. The first-order valence-electron chi connectivity index (χ1n) is 11.4. The number of alkyl halides is 2. The normalized spacial score (nSPS) is 19.1. The van der Waals surface area contributed by atoms with Gasteiger partial charge in [0.15, 0.2) is 5.01 Å². The molecule has 14 heteroatoms. The van der Waals surface area contributed by atoms with E-state index in [1.807, 2.05) is 24.0 Å². The number of hydrogen-bond donors (Lipinski definition) is 1. The van der Waals surface area contributed by atoms with Crippen molar-refractivity contribution >= 4 is 45.9 Å². The van der Waals surface area contributed by atoms with Crippen LogP contribution in [0.15, 0.2) is 23.2 Å². The van der Waals surface area contributed by atoms with Gasteiger partial charge in [0.05, 0.1) is 17.8 Å². The quantitative estimate of drug-likeness (QED) is 0.479. The average molecular weight is 534 g/mol. The van der Waals surface area contributed by atoms with E-state index in [9.17, 15) is 18.8 Å². The number of piperazine rings is 1. The summed E-state index contributed by atoms with van der Waals surface area (Å²) >= 11 is 2.17. The van der Waals surface area contributed by atoms with Crippen LogP contribution < -0.4 is 9.62 Å². The second kappa shape index (κ2) is 9.45. The highest BCUT2D eigenvalue weighted by molar-refractivity contribution is 7.97. The van der Waals surface area contributed by atoms with Crippen molar-refractivity contribution in [1.29, 1.82) is 5.26 Å². The van der Waals surface area contributed by atoms with Crippen molar-refractivity contribution in [3.63, 3.8) is 0 Å². The number of hydrogen-bond acceptors (Lipinski definition) is 9. The van der Waals surface area contributed by atoms with E-state index in [1.54, 1.807) is 25.2 Å². The Morgan fingerprint density at radius 1 is 1.33 bits per heavy atom. The molecule has 1 saturated carbocycles. The molecule has 36 heavy (non-hydrogen) atoms. The van der Waals surface area contributed by atoms with Crippen LogP contribution in [-0.4, -0.2) is 81.1 Å². The standard InChI is InChI=1S/C22H25F2N9OS2/c1-13-11-31(6-7-32(13)21(34)30(2)3)16-8-14(36-29-22(12-25)4-5-22)9-17-15(16)10-26-33(17)20-28-27-19(35-20)18(23)24/h8-10,13,18,29H,4-7,11H2,1-3H3. The van der Waals surface area contributed by atoms with Crippen molar-refractivity contribution in [3.05, 3.63) is 23.3 Å². The van der Waals surface area contributed by atoms with Crippen molar-refractivity contribution < 1.29 is 13.6 Å². The van der Waals surface area contributed by atoms with E-state index in [4.69, 9.17) is 0 Å². The number of nitrogens with zero attached hydrogens (tertiary/aromatic N) is 8. The zero-order valence-corrected chi connectivity index (χ0v) is 21.6. The highest BCUT2D eigenvalue weighted by Crippen LogP contribution is 2.40. The monoisotopic (exact) mass is 533 g/mol. The van der Waals surface area contributed by atoms with Crippen LogP contribution in [0.4, 0.5) is 19.3 Å². The maximum atomic E-state index is 13.1. The van der Waals surface area contributed by atoms with E-state index in [1.165, 1.54) is 16.6 Å². The molecule has 0 spiro atoms. The van der Waals surface area contributed by atoms with Gasteiger partial charge in [0, 0.05) is 55.7 Å². The first kappa shape index (κ1) is 24.7. The van der Waals surface area contributed by atoms with Gasteiger partial charge in [0.2, 0.25) is 5.13 Å². The number of aromatic nitrogens is 4. The van der Waals surface area contributed by atoms with Crippen LogP contribution in [0.2, 0.25) is 0 Å². The Balaban J connectivity index is 1.51. The van der Waals surface area contributed by atoms with Gasteiger partial charge in [0.25, 0.3) is 6.43 Å². The molecule has 1 aliphatic heterocycles. The minimum Gasteiger partial charge on any atom is -0.367 e. The fraction of sp³-hybridized carbons (Fsp3) is 0.500. The number of carbonyl (C=O) groups excluding carboxylic acids is 1. The van der Waals surface area contributed by atoms with Gasteiger partial charge in [-0.25, -0.2) is 23.0 Å². The number of rotatable bonds is 6. The maximum Gasteiger partial charge on any atom is 0.319 e. The van der Waals surface area contributed by atoms with Gasteiger partial charge in [-0.3, -0.25) is 0 Å². The molecular formula is C22H25F2N9OS2. The molecule has 0 bridgehead atoms. The van der Waals surface area contributed by atoms with Crippen molar-refractivity contribution in [1.82, 2.24) is 34.5 Å². The predicted octanol–water partition coefficient (Wildman–Crippen LogP) is 3.66. The second-order valence-electron chi connectivity index (χ2n) is 9.22. The third-order valence-corrected chi connectivity index (χ3v) is 8.23. The van der Waals surface area contributed by atoms with Crippen LogP contribution >= 0.6 is 23.3 Å². The molecule has 1 unspecified atom stereocenters. The van der Waals surface area contributed by atoms with Gasteiger partial charge < -0.3 is 14.7 Å². The number of halogens is 2. The lowest BCUT2D eigenvalue weighted by atomic mass is 10.1. The van der Waals surface area contributed by atoms with Crippen LogP contribution in [0.25, 0.3) is 16.0 Å². The highest BCUT2D eigenvalue weighted by atomic mass is 32.2. The Hall–Kier alpha value is -3.02. The zero-order valence-electron chi connectivity index (χ0n) is 20.0. The van der Waals surface area contributed by atoms with Gasteiger partial charge >= 0.3 is 6.03 Å². The fourth-order valence-electron chi connectivity index (χ4n) is 4.19. The molecule has 3 heterocycles. The first-order chi connectivity index (χ1) is 17.2. The number of benzene rings is 1. The molecule has 2 amide bonds. The summed E-state index contributed by atoms with van der Waals surface area (Å²) in [6, 6.07) is 6.24. The summed E-state index contributed by atoms with van der Waals surface area (Å²) in [7, 11) is 3.49. The molecule has 2 aliphatic rings. The second-order valence-corrected chi connectivity index (χ2v) is 11.1. The molecule has 1 aromatic carbocycles. The lowest BCUT2D eigenvalue weighted by Gasteiger charge is -2.42. The van der Waals surface area contributed by atoms with E-state index < -0.39 is 12.0 Å². The Morgan fingerprint density at radius 2 is 2.11 bits per heavy atom. The number of carbonyl (C=O) groups is 1. The summed E-state index contributed by atoms with van der Waals surface area (Å²) in [6.45, 7) is 3.83. The SMILES string of the molecule is CC1CN(c2cc(SNC3(C#N)CC3)cc3c2cnn3-c2nnc(C(F)F)s2)CCN1C(=O)N(C)C. The van der Waals surface area contributed by atoms with Crippen LogP contribution in [0.5, 0.6) is 0 Å². The molecule has 5 rings (SSSR count). The van der Waals surface area contributed by atoms with Gasteiger partial charge in [-0.1, -0.05) is 11.3 Å². The molecule has 190 valence electrons. The topological polar surface area (TPSA) is 106 Å². The van der Waals surface area contributed by atoms with Gasteiger partial charge in [-0.05, 0) is 43.8 Å². The van der Waals surface area contributed by atoms with Gasteiger partial charge in [0.1, 0.15) is 5.54 Å². The van der Waals surface area contributed by atoms with Crippen LogP contribution in [0.1, 0.15) is 31.2 Å². The molecule has 1 aliphatic carbocycles. The average Bonchev–Trinajstić information content (AvgIpc) is 3.25. The van der Waals surface area contributed by atoms with E-state index in [0.717, 1.165) is 40.1 Å². The first-order valence-corrected chi connectivity index (χ1v) is 13.1.